The molecule has 2 aromatic rings. The number of anilines is 1. The van der Waals surface area contributed by atoms with Gasteiger partial charge in [0.25, 0.3) is 5.91 Å². The Hall–Kier alpha value is -3.42. The fourth-order valence-corrected chi connectivity index (χ4v) is 2.81. The zero-order valence-electron chi connectivity index (χ0n) is 15.9. The summed E-state index contributed by atoms with van der Waals surface area (Å²) in [6.45, 7) is -1.13. The minimum atomic E-state index is -4.56. The number of halogens is 8. The summed E-state index contributed by atoms with van der Waals surface area (Å²) in [6.07, 6.45) is -4.56. The Bertz CT molecular complexity index is 1110. The Morgan fingerprint density at radius 2 is 1.56 bits per heavy atom. The van der Waals surface area contributed by atoms with Gasteiger partial charge in [0.05, 0.1) is 18.4 Å². The third-order valence-electron chi connectivity index (χ3n) is 4.47. The van der Waals surface area contributed by atoms with Gasteiger partial charge in [-0.25, -0.2) is 31.4 Å². The van der Waals surface area contributed by atoms with Gasteiger partial charge < -0.3 is 4.74 Å². The molecule has 2 amide bonds. The van der Waals surface area contributed by atoms with Gasteiger partial charge >= 0.3 is 12.0 Å². The van der Waals surface area contributed by atoms with Crippen molar-refractivity contribution < 1.29 is 54.3 Å². The molecule has 0 atom stereocenters. The van der Waals surface area contributed by atoms with E-state index in [1.54, 1.807) is 0 Å². The molecule has 172 valence electrons. The average molecular weight is 470 g/mol. The standard InChI is InChI=1S/C18H10F8N2O4/c1-27(31-2)10(29)5-28-8-3-6(7(19)4-9(8)32-18(25,26)17(28)30)11-12(20)14(22)16(24)15(23)13(11)21/h3-4H,5H2,1-2H3. The molecule has 0 saturated carbocycles. The first-order valence-corrected chi connectivity index (χ1v) is 8.36. The molecule has 0 bridgehead atoms. The molecule has 14 heteroatoms. The van der Waals surface area contributed by atoms with Gasteiger partial charge in [0.1, 0.15) is 12.4 Å². The molecule has 32 heavy (non-hydrogen) atoms. The first-order chi connectivity index (χ1) is 14.8. The first-order valence-electron chi connectivity index (χ1n) is 8.36. The maximum atomic E-state index is 14.5. The Morgan fingerprint density at radius 3 is 2.09 bits per heavy atom. The highest BCUT2D eigenvalue weighted by Crippen LogP contribution is 2.44. The zero-order chi connectivity index (χ0) is 24.1. The number of hydroxylamine groups is 2. The zero-order valence-corrected chi connectivity index (χ0v) is 15.9. The number of rotatable bonds is 4. The fourth-order valence-electron chi connectivity index (χ4n) is 2.81. The number of hydrogen-bond acceptors (Lipinski definition) is 4. The van der Waals surface area contributed by atoms with Crippen molar-refractivity contribution in [1.29, 1.82) is 0 Å². The van der Waals surface area contributed by atoms with E-state index in [9.17, 15) is 44.7 Å². The van der Waals surface area contributed by atoms with E-state index in [1.807, 2.05) is 0 Å². The van der Waals surface area contributed by atoms with Gasteiger partial charge in [-0.05, 0) is 6.07 Å². The van der Waals surface area contributed by atoms with Crippen LogP contribution in [0.1, 0.15) is 0 Å². The van der Waals surface area contributed by atoms with E-state index in [2.05, 4.69) is 9.57 Å². The van der Waals surface area contributed by atoms with E-state index < -0.39 is 81.9 Å². The molecule has 1 aliphatic heterocycles. The highest BCUT2D eigenvalue weighted by atomic mass is 19.3. The Balaban J connectivity index is 2.25. The molecule has 0 unspecified atom stereocenters. The van der Waals surface area contributed by atoms with Crippen molar-refractivity contribution in [1.82, 2.24) is 5.06 Å². The highest BCUT2D eigenvalue weighted by molar-refractivity contribution is 6.05. The fraction of sp³-hybridized carbons (Fsp3) is 0.222. The number of amides is 2. The number of ether oxygens (including phenoxy) is 1. The third kappa shape index (κ3) is 3.59. The van der Waals surface area contributed by atoms with Crippen molar-refractivity contribution >= 4 is 17.5 Å². The summed E-state index contributed by atoms with van der Waals surface area (Å²) in [5.74, 6) is -18.0. The van der Waals surface area contributed by atoms with Gasteiger partial charge in [-0.15, -0.1) is 0 Å². The minimum Gasteiger partial charge on any atom is -0.423 e. The van der Waals surface area contributed by atoms with E-state index >= 15 is 0 Å². The second kappa shape index (κ2) is 7.93. The van der Waals surface area contributed by atoms with Crippen LogP contribution in [0.5, 0.6) is 5.75 Å². The van der Waals surface area contributed by atoms with Gasteiger partial charge in [0, 0.05) is 18.7 Å². The van der Waals surface area contributed by atoms with Crippen LogP contribution in [-0.4, -0.2) is 43.7 Å². The van der Waals surface area contributed by atoms with Gasteiger partial charge in [-0.3, -0.25) is 19.3 Å². The molecule has 0 aliphatic carbocycles. The molecule has 3 rings (SSSR count). The van der Waals surface area contributed by atoms with Crippen molar-refractivity contribution in [2.45, 2.75) is 6.11 Å². The van der Waals surface area contributed by atoms with Gasteiger partial charge in [-0.2, -0.15) is 8.78 Å². The molecule has 0 saturated heterocycles. The molecular formula is C18H10F8N2O4. The molecule has 0 aromatic heterocycles. The maximum Gasteiger partial charge on any atom is 0.482 e. The third-order valence-corrected chi connectivity index (χ3v) is 4.47. The van der Waals surface area contributed by atoms with E-state index in [1.165, 1.54) is 0 Å². The molecule has 1 heterocycles. The van der Waals surface area contributed by atoms with Crippen LogP contribution in [0.15, 0.2) is 12.1 Å². The quantitative estimate of drug-likeness (QED) is 0.297. The second-order valence-electron chi connectivity index (χ2n) is 6.33. The van der Waals surface area contributed by atoms with E-state index in [-0.39, 0.29) is 11.0 Å². The normalized spacial score (nSPS) is 14.8. The lowest BCUT2D eigenvalue weighted by molar-refractivity contribution is -0.193. The second-order valence-corrected chi connectivity index (χ2v) is 6.33. The number of likely N-dealkylation sites (N-methyl/N-ethyl adjacent to an activating group) is 1. The number of hydrogen-bond donors (Lipinski definition) is 0. The van der Waals surface area contributed by atoms with Crippen molar-refractivity contribution in [3.8, 4) is 16.9 Å². The molecule has 2 aromatic carbocycles. The van der Waals surface area contributed by atoms with E-state index in [4.69, 9.17) is 0 Å². The molecule has 0 spiro atoms. The summed E-state index contributed by atoms with van der Waals surface area (Å²) < 4.78 is 115. The van der Waals surface area contributed by atoms with Crippen LogP contribution >= 0.6 is 0 Å². The maximum absolute atomic E-state index is 14.5. The van der Waals surface area contributed by atoms with Crippen molar-refractivity contribution in [3.63, 3.8) is 0 Å². The summed E-state index contributed by atoms with van der Waals surface area (Å²) in [5.41, 5.74) is -3.78. The molecule has 0 fully saturated rings. The molecular weight excluding hydrogens is 460 g/mol. The summed E-state index contributed by atoms with van der Waals surface area (Å²) in [4.78, 5) is 28.8. The Kier molecular flexibility index (Phi) is 5.76. The average Bonchev–Trinajstić information content (AvgIpc) is 2.74. The Morgan fingerprint density at radius 1 is 1.03 bits per heavy atom. The van der Waals surface area contributed by atoms with Crippen molar-refractivity contribution in [2.24, 2.45) is 0 Å². The molecule has 1 aliphatic rings. The molecule has 0 radical (unpaired) electrons. The predicted molar refractivity (Wildman–Crippen MR) is 89.3 cm³/mol. The monoisotopic (exact) mass is 470 g/mol. The lowest BCUT2D eigenvalue weighted by Gasteiger charge is -2.34. The summed E-state index contributed by atoms with van der Waals surface area (Å²) in [6, 6.07) is 0.497. The number of fused-ring (bicyclic) bond motifs is 1. The Labute approximate surface area is 173 Å². The topological polar surface area (TPSA) is 59.1 Å². The summed E-state index contributed by atoms with van der Waals surface area (Å²) in [7, 11) is 2.11. The minimum absolute atomic E-state index is 0.0890. The molecule has 6 nitrogen and oxygen atoms in total. The van der Waals surface area contributed by atoms with Gasteiger partial charge in [0.2, 0.25) is 5.82 Å². The predicted octanol–water partition coefficient (Wildman–Crippen LogP) is 3.53. The van der Waals surface area contributed by atoms with Crippen LogP contribution < -0.4 is 9.64 Å². The number of carbonyl (C=O) groups excluding carboxylic acids is 2. The molecule has 0 N–H and O–H groups in total. The number of benzene rings is 2. The summed E-state index contributed by atoms with van der Waals surface area (Å²) >= 11 is 0. The van der Waals surface area contributed by atoms with Crippen LogP contribution in [0.4, 0.5) is 40.8 Å². The van der Waals surface area contributed by atoms with Crippen molar-refractivity contribution in [2.75, 3.05) is 25.6 Å². The highest BCUT2D eigenvalue weighted by Gasteiger charge is 2.51. The lowest BCUT2D eigenvalue weighted by Crippen LogP contribution is -2.53. The van der Waals surface area contributed by atoms with E-state index in [0.717, 1.165) is 14.2 Å². The SMILES string of the molecule is CON(C)C(=O)CN1C(=O)C(F)(F)Oc2cc(F)c(-c3c(F)c(F)c(F)c(F)c3F)cc21. The van der Waals surface area contributed by atoms with Crippen molar-refractivity contribution in [3.05, 3.63) is 47.0 Å². The smallest absolute Gasteiger partial charge is 0.423 e. The van der Waals surface area contributed by atoms with Crippen LogP contribution in [0.3, 0.4) is 0 Å². The number of nitrogens with zero attached hydrogens (tertiary/aromatic N) is 2. The van der Waals surface area contributed by atoms with Crippen LogP contribution in [0, 0.1) is 34.9 Å². The van der Waals surface area contributed by atoms with Crippen LogP contribution in [0.25, 0.3) is 11.1 Å². The summed E-state index contributed by atoms with van der Waals surface area (Å²) in [5, 5.41) is 0.551. The van der Waals surface area contributed by atoms with Gasteiger partial charge in [0.15, 0.2) is 29.0 Å². The van der Waals surface area contributed by atoms with E-state index in [0.29, 0.717) is 11.1 Å². The van der Waals surface area contributed by atoms with Gasteiger partial charge in [-0.1, -0.05) is 0 Å². The van der Waals surface area contributed by atoms with Crippen LogP contribution in [0.2, 0.25) is 0 Å². The number of carbonyl (C=O) groups is 2. The largest absolute Gasteiger partial charge is 0.482 e. The van der Waals surface area contributed by atoms with Crippen LogP contribution in [-0.2, 0) is 14.4 Å². The number of alkyl halides is 2. The first kappa shape index (κ1) is 23.2. The lowest BCUT2D eigenvalue weighted by atomic mass is 10.0.